The number of para-hydroxylation sites is 1. The first-order valence-electron chi connectivity index (χ1n) is 8.78. The number of aromatic nitrogens is 3. The fourth-order valence-electron chi connectivity index (χ4n) is 3.03. The maximum absolute atomic E-state index is 13.6. The van der Waals surface area contributed by atoms with Crippen LogP contribution in [-0.4, -0.2) is 52.2 Å². The van der Waals surface area contributed by atoms with Crippen LogP contribution in [0, 0.1) is 0 Å². The number of aliphatic hydroxyl groups is 1. The molecule has 0 spiro atoms. The minimum atomic E-state index is -4.89. The summed E-state index contributed by atoms with van der Waals surface area (Å²) in [5.74, 6) is -0.735. The lowest BCUT2D eigenvalue weighted by Crippen LogP contribution is -2.39. The molecule has 0 saturated carbocycles. The molecule has 0 aliphatic heterocycles. The summed E-state index contributed by atoms with van der Waals surface area (Å²) in [7, 11) is -2.79. The molecular weight excluding hydrogens is 449 g/mol. The fraction of sp³-hybridized carbons (Fsp3) is 0.333. The predicted octanol–water partition coefficient (Wildman–Crippen LogP) is 4.23. The van der Waals surface area contributed by atoms with E-state index in [0.29, 0.717) is 17.0 Å². The molecule has 3 rings (SSSR count). The molecule has 3 aromatic rings. The molecule has 6 nitrogen and oxygen atoms in total. The summed E-state index contributed by atoms with van der Waals surface area (Å²) < 4.78 is 92.1. The van der Waals surface area contributed by atoms with Gasteiger partial charge in [-0.25, -0.2) is 9.97 Å². The fourth-order valence-corrected chi connectivity index (χ4v) is 4.20. The minimum absolute atomic E-state index is 0.0457. The Morgan fingerprint density at radius 3 is 2.42 bits per heavy atom. The molecule has 2 heterocycles. The number of aromatic amines is 1. The van der Waals surface area contributed by atoms with Crippen LogP contribution in [0.3, 0.4) is 0 Å². The molecule has 0 bridgehead atoms. The molecule has 31 heavy (non-hydrogen) atoms. The Hall–Kier alpha value is -2.59. The number of nitrogens with zero attached hydrogens (tertiary/aromatic N) is 2. The van der Waals surface area contributed by atoms with Crippen LogP contribution >= 0.6 is 7.14 Å². The molecule has 0 aliphatic carbocycles. The molecule has 13 heteroatoms. The Balaban J connectivity index is 2.21. The predicted molar refractivity (Wildman–Crippen MR) is 104 cm³/mol. The number of rotatable bonds is 5. The molecule has 0 aliphatic rings. The van der Waals surface area contributed by atoms with Gasteiger partial charge in [0.1, 0.15) is 18.7 Å². The van der Waals surface area contributed by atoms with Crippen molar-refractivity contribution in [2.45, 2.75) is 18.4 Å². The molecule has 0 radical (unpaired) electrons. The summed E-state index contributed by atoms with van der Waals surface area (Å²) >= 11 is 0. The van der Waals surface area contributed by atoms with E-state index in [2.05, 4.69) is 15.0 Å². The summed E-state index contributed by atoms with van der Waals surface area (Å²) in [6.45, 7) is 1.65. The number of H-pyrrole nitrogens is 1. The van der Waals surface area contributed by atoms with E-state index in [-0.39, 0.29) is 10.9 Å². The van der Waals surface area contributed by atoms with Crippen molar-refractivity contribution in [3.05, 3.63) is 36.2 Å². The van der Waals surface area contributed by atoms with Crippen LogP contribution in [0.4, 0.5) is 32.3 Å². The summed E-state index contributed by atoms with van der Waals surface area (Å²) in [4.78, 5) is 9.82. The number of nitrogens with one attached hydrogen (secondary N) is 2. The lowest BCUT2D eigenvalue weighted by molar-refractivity contribution is -0.150. The van der Waals surface area contributed by atoms with Crippen molar-refractivity contribution >= 4 is 29.3 Å². The van der Waals surface area contributed by atoms with Crippen LogP contribution in [-0.2, 0) is 10.7 Å². The zero-order valence-electron chi connectivity index (χ0n) is 16.1. The van der Waals surface area contributed by atoms with E-state index in [1.807, 2.05) is 5.32 Å². The molecule has 2 aromatic heterocycles. The number of halogens is 6. The second-order valence-electron chi connectivity index (χ2n) is 7.13. The number of hydrogen-bond donors (Lipinski definition) is 3. The van der Waals surface area contributed by atoms with Crippen LogP contribution in [0.15, 0.2) is 30.6 Å². The van der Waals surface area contributed by atoms with Gasteiger partial charge < -0.3 is 20.0 Å². The van der Waals surface area contributed by atoms with Gasteiger partial charge in [0.25, 0.3) is 0 Å². The van der Waals surface area contributed by atoms with Crippen molar-refractivity contribution in [1.82, 2.24) is 15.0 Å². The number of benzene rings is 1. The molecule has 0 fully saturated rings. The van der Waals surface area contributed by atoms with Crippen molar-refractivity contribution in [2.24, 2.45) is 0 Å². The van der Waals surface area contributed by atoms with E-state index >= 15 is 0 Å². The second-order valence-corrected chi connectivity index (χ2v) is 10.3. The van der Waals surface area contributed by atoms with Gasteiger partial charge in [0, 0.05) is 28.6 Å². The first-order chi connectivity index (χ1) is 14.2. The van der Waals surface area contributed by atoms with E-state index in [1.165, 1.54) is 31.7 Å². The van der Waals surface area contributed by atoms with Crippen LogP contribution < -0.4 is 10.6 Å². The van der Waals surface area contributed by atoms with Crippen LogP contribution in [0.1, 0.15) is 5.56 Å². The van der Waals surface area contributed by atoms with Gasteiger partial charge in [-0.1, -0.05) is 12.1 Å². The van der Waals surface area contributed by atoms with E-state index in [1.54, 1.807) is 6.07 Å². The summed E-state index contributed by atoms with van der Waals surface area (Å²) in [6, 6.07) is 2.13. The molecule has 0 amide bonds. The SMILES string of the molecule is CP(C)(=O)c1cccc2c(-c3nc(N[C@@H](CO)C(F)(F)F)ncc3C(F)(F)F)c[nH]c12. The number of alkyl halides is 6. The number of aliphatic hydroxyl groups excluding tert-OH is 1. The normalized spacial score (nSPS) is 14.1. The quantitative estimate of drug-likeness (QED) is 0.387. The van der Waals surface area contributed by atoms with Gasteiger partial charge in [-0.05, 0) is 19.4 Å². The monoisotopic (exact) mass is 466 g/mol. The van der Waals surface area contributed by atoms with Gasteiger partial charge >= 0.3 is 12.4 Å². The molecule has 1 atom stereocenters. The van der Waals surface area contributed by atoms with Crippen molar-refractivity contribution in [3.8, 4) is 11.3 Å². The third-order valence-corrected chi connectivity index (χ3v) is 6.04. The largest absolute Gasteiger partial charge is 0.419 e. The third kappa shape index (κ3) is 4.69. The Bertz CT molecular complexity index is 1150. The highest BCUT2D eigenvalue weighted by Gasteiger charge is 2.41. The van der Waals surface area contributed by atoms with Crippen LogP contribution in [0.25, 0.3) is 22.2 Å². The molecular formula is C18H17F6N4O2P. The zero-order valence-corrected chi connectivity index (χ0v) is 17.0. The number of hydrogen-bond acceptors (Lipinski definition) is 5. The average molecular weight is 466 g/mol. The lowest BCUT2D eigenvalue weighted by atomic mass is 10.1. The molecule has 0 saturated heterocycles. The van der Waals surface area contributed by atoms with Gasteiger partial charge in [0.05, 0.1) is 17.8 Å². The minimum Gasteiger partial charge on any atom is -0.394 e. The van der Waals surface area contributed by atoms with E-state index in [4.69, 9.17) is 5.11 Å². The highest BCUT2D eigenvalue weighted by molar-refractivity contribution is 7.70. The number of anilines is 1. The molecule has 3 N–H and O–H groups in total. The van der Waals surface area contributed by atoms with Gasteiger partial charge in [0.15, 0.2) is 0 Å². The smallest absolute Gasteiger partial charge is 0.394 e. The Labute approximate surface area is 172 Å². The van der Waals surface area contributed by atoms with Crippen LogP contribution in [0.5, 0.6) is 0 Å². The number of fused-ring (bicyclic) bond motifs is 1. The Kier molecular flexibility index (Phi) is 5.83. The molecule has 168 valence electrons. The maximum Gasteiger partial charge on any atom is 0.419 e. The van der Waals surface area contributed by atoms with Gasteiger partial charge in [-0.15, -0.1) is 0 Å². The standard InChI is InChI=1S/C18H17F6N4O2P/c1-31(2,30)12-5-3-4-9-10(6-25-15(9)12)14-11(17(19,20)21)7-26-16(28-14)27-13(8-29)18(22,23)24/h3-7,13,25,29H,8H2,1-2H3,(H,26,27,28)/t13-/m0/s1. The Morgan fingerprint density at radius 1 is 1.19 bits per heavy atom. The highest BCUT2D eigenvalue weighted by Crippen LogP contribution is 2.42. The topological polar surface area (TPSA) is 90.9 Å². The van der Waals surface area contributed by atoms with Gasteiger partial charge in [-0.2, -0.15) is 26.3 Å². The maximum atomic E-state index is 13.6. The van der Waals surface area contributed by atoms with Gasteiger partial charge in [0.2, 0.25) is 5.95 Å². The zero-order chi connectivity index (χ0) is 23.2. The van der Waals surface area contributed by atoms with E-state index in [0.717, 1.165) is 0 Å². The molecule has 1 aromatic carbocycles. The Morgan fingerprint density at radius 2 is 1.87 bits per heavy atom. The average Bonchev–Trinajstić information content (AvgIpc) is 3.07. The van der Waals surface area contributed by atoms with Crippen molar-refractivity contribution in [1.29, 1.82) is 0 Å². The van der Waals surface area contributed by atoms with Crippen molar-refractivity contribution < 1.29 is 36.0 Å². The molecule has 0 unspecified atom stereocenters. The first-order valence-corrected chi connectivity index (χ1v) is 11.4. The van der Waals surface area contributed by atoms with Gasteiger partial charge in [-0.3, -0.25) is 0 Å². The lowest BCUT2D eigenvalue weighted by Gasteiger charge is -2.20. The first kappa shape index (κ1) is 23.1. The summed E-state index contributed by atoms with van der Waals surface area (Å²) in [5.41, 5.74) is -1.62. The van der Waals surface area contributed by atoms with E-state index in [9.17, 15) is 30.9 Å². The third-order valence-electron chi connectivity index (χ3n) is 4.50. The summed E-state index contributed by atoms with van der Waals surface area (Å²) in [6.07, 6.45) is -8.17. The van der Waals surface area contributed by atoms with E-state index < -0.39 is 49.3 Å². The summed E-state index contributed by atoms with van der Waals surface area (Å²) in [5, 5.41) is 11.5. The van der Waals surface area contributed by atoms with Crippen LogP contribution in [0.2, 0.25) is 0 Å². The highest BCUT2D eigenvalue weighted by atomic mass is 31.2. The van der Waals surface area contributed by atoms with Crippen molar-refractivity contribution in [3.63, 3.8) is 0 Å². The van der Waals surface area contributed by atoms with Crippen molar-refractivity contribution in [2.75, 3.05) is 25.3 Å². The second kappa shape index (κ2) is 7.83.